The number of anilines is 1. The van der Waals surface area contributed by atoms with Gasteiger partial charge < -0.3 is 20.3 Å². The van der Waals surface area contributed by atoms with Crippen LogP contribution in [0.1, 0.15) is 22.8 Å². The Kier molecular flexibility index (Phi) is 8.76. The molecule has 1 saturated heterocycles. The Balaban J connectivity index is 1.67. The number of nitrogens with one attached hydrogen (secondary N) is 2. The van der Waals surface area contributed by atoms with Gasteiger partial charge in [0, 0.05) is 25.3 Å². The smallest absolute Gasteiger partial charge is 0.328 e. The second kappa shape index (κ2) is 11.5. The van der Waals surface area contributed by atoms with E-state index in [0.717, 1.165) is 0 Å². The topological polar surface area (TPSA) is 118 Å². The number of ether oxygens (including phenoxy) is 1. The summed E-state index contributed by atoms with van der Waals surface area (Å²) in [4.78, 5) is 54.9. The molecule has 1 aromatic carbocycles. The van der Waals surface area contributed by atoms with Gasteiger partial charge in [0.05, 0.1) is 28.6 Å². The Hall–Kier alpha value is -2.82. The number of benzene rings is 1. The highest BCUT2D eigenvalue weighted by atomic mass is 35.5. The van der Waals surface area contributed by atoms with Gasteiger partial charge >= 0.3 is 5.97 Å². The maximum atomic E-state index is 12.7. The summed E-state index contributed by atoms with van der Waals surface area (Å²) in [6.45, 7) is 1.40. The van der Waals surface area contributed by atoms with Gasteiger partial charge in [0.2, 0.25) is 11.8 Å². The minimum Gasteiger partial charge on any atom is -0.467 e. The third kappa shape index (κ3) is 6.19. The molecule has 3 rings (SSSR count). The zero-order valence-electron chi connectivity index (χ0n) is 18.3. The van der Waals surface area contributed by atoms with Crippen LogP contribution in [0.15, 0.2) is 36.5 Å². The van der Waals surface area contributed by atoms with Crippen LogP contribution in [0.25, 0.3) is 0 Å². The number of pyridine rings is 1. The van der Waals surface area contributed by atoms with E-state index in [9.17, 15) is 19.2 Å². The molecule has 34 heavy (non-hydrogen) atoms. The lowest BCUT2D eigenvalue weighted by Gasteiger charge is -2.24. The summed E-state index contributed by atoms with van der Waals surface area (Å²) in [6.07, 6.45) is 1.58. The summed E-state index contributed by atoms with van der Waals surface area (Å²) < 4.78 is 4.83. The molecule has 2 aromatic rings. The number of thioether (sulfide) groups is 1. The van der Waals surface area contributed by atoms with Crippen molar-refractivity contribution >= 4 is 64.5 Å². The van der Waals surface area contributed by atoms with Crippen LogP contribution in [0, 0.1) is 0 Å². The van der Waals surface area contributed by atoms with Gasteiger partial charge in [-0.3, -0.25) is 14.4 Å². The standard InChI is InChI=1S/C22H22Cl2N4O5S/c1-12(29)28-11-34-10-17(28)20(30)26-16(22(32)33-2)8-13-6-7-18(25-9-13)27-21(31)19-14(23)4-3-5-15(19)24/h3-7,9,16-17H,8,10-11H2,1-2H3,(H,26,30)(H,25,27,31). The van der Waals surface area contributed by atoms with Crippen LogP contribution in [0.4, 0.5) is 5.82 Å². The van der Waals surface area contributed by atoms with E-state index in [2.05, 4.69) is 15.6 Å². The molecule has 180 valence electrons. The SMILES string of the molecule is COC(=O)C(Cc1ccc(NC(=O)c2c(Cl)cccc2Cl)nc1)NC(=O)C1CSCN1C(C)=O. The fourth-order valence-electron chi connectivity index (χ4n) is 3.32. The van der Waals surface area contributed by atoms with Gasteiger partial charge in [-0.25, -0.2) is 9.78 Å². The van der Waals surface area contributed by atoms with Gasteiger partial charge in [-0.05, 0) is 23.8 Å². The minimum absolute atomic E-state index is 0.107. The van der Waals surface area contributed by atoms with E-state index >= 15 is 0 Å². The van der Waals surface area contributed by atoms with Crippen LogP contribution in [-0.2, 0) is 25.5 Å². The number of carbonyl (C=O) groups excluding carboxylic acids is 4. The number of halogens is 2. The molecular formula is C22H22Cl2N4O5S. The van der Waals surface area contributed by atoms with Crippen molar-refractivity contribution in [3.63, 3.8) is 0 Å². The first kappa shape index (κ1) is 25.8. The summed E-state index contributed by atoms with van der Waals surface area (Å²) in [5, 5.41) is 5.72. The fraction of sp³-hybridized carbons (Fsp3) is 0.318. The maximum absolute atomic E-state index is 12.7. The van der Waals surface area contributed by atoms with Crippen LogP contribution in [0.3, 0.4) is 0 Å². The summed E-state index contributed by atoms with van der Waals surface area (Å²) in [6, 6.07) is 6.34. The second-order valence-electron chi connectivity index (χ2n) is 7.40. The highest BCUT2D eigenvalue weighted by molar-refractivity contribution is 7.99. The van der Waals surface area contributed by atoms with Crippen molar-refractivity contribution < 1.29 is 23.9 Å². The molecule has 2 unspecified atom stereocenters. The second-order valence-corrected chi connectivity index (χ2v) is 9.21. The molecule has 3 amide bonds. The Morgan fingerprint density at radius 2 is 1.91 bits per heavy atom. The molecule has 12 heteroatoms. The molecule has 9 nitrogen and oxygen atoms in total. The van der Waals surface area contributed by atoms with Crippen molar-refractivity contribution in [3.8, 4) is 0 Å². The van der Waals surface area contributed by atoms with Crippen molar-refractivity contribution in [3.05, 3.63) is 57.7 Å². The molecule has 1 aromatic heterocycles. The Morgan fingerprint density at radius 3 is 2.50 bits per heavy atom. The van der Waals surface area contributed by atoms with Crippen LogP contribution in [0.5, 0.6) is 0 Å². The molecule has 1 fully saturated rings. The third-order valence-electron chi connectivity index (χ3n) is 5.09. The third-order valence-corrected chi connectivity index (χ3v) is 6.73. The monoisotopic (exact) mass is 524 g/mol. The lowest BCUT2D eigenvalue weighted by atomic mass is 10.1. The van der Waals surface area contributed by atoms with Crippen molar-refractivity contribution in [1.82, 2.24) is 15.2 Å². The predicted molar refractivity (Wildman–Crippen MR) is 130 cm³/mol. The molecule has 2 heterocycles. The summed E-state index contributed by atoms with van der Waals surface area (Å²) in [7, 11) is 1.23. The van der Waals surface area contributed by atoms with E-state index in [1.54, 1.807) is 30.3 Å². The molecule has 1 aliphatic rings. The van der Waals surface area contributed by atoms with E-state index in [0.29, 0.717) is 17.2 Å². The van der Waals surface area contributed by atoms with Crippen molar-refractivity contribution in [2.75, 3.05) is 24.1 Å². The first-order chi connectivity index (χ1) is 16.2. The number of rotatable bonds is 7. The van der Waals surface area contributed by atoms with Gasteiger partial charge in [0.1, 0.15) is 17.9 Å². The fourth-order valence-corrected chi connectivity index (χ4v) is 5.11. The van der Waals surface area contributed by atoms with E-state index in [-0.39, 0.29) is 33.8 Å². The molecular weight excluding hydrogens is 503 g/mol. The van der Waals surface area contributed by atoms with Crippen molar-refractivity contribution in [2.45, 2.75) is 25.4 Å². The largest absolute Gasteiger partial charge is 0.467 e. The lowest BCUT2D eigenvalue weighted by molar-refractivity contribution is -0.146. The van der Waals surface area contributed by atoms with Crippen LogP contribution >= 0.6 is 35.0 Å². The van der Waals surface area contributed by atoms with E-state index in [1.165, 1.54) is 36.9 Å². The van der Waals surface area contributed by atoms with E-state index in [4.69, 9.17) is 27.9 Å². The minimum atomic E-state index is -0.971. The van der Waals surface area contributed by atoms with Crippen LogP contribution < -0.4 is 10.6 Å². The summed E-state index contributed by atoms with van der Waals surface area (Å²) in [5.74, 6) is -0.649. The molecule has 0 radical (unpaired) electrons. The maximum Gasteiger partial charge on any atom is 0.328 e. The number of amides is 3. The number of hydrogen-bond acceptors (Lipinski definition) is 7. The first-order valence-electron chi connectivity index (χ1n) is 10.1. The van der Waals surface area contributed by atoms with Gasteiger partial charge in [-0.1, -0.05) is 35.3 Å². The number of aromatic nitrogens is 1. The lowest BCUT2D eigenvalue weighted by Crippen LogP contribution is -2.52. The van der Waals surface area contributed by atoms with Gasteiger partial charge in [0.15, 0.2) is 0 Å². The average molecular weight is 525 g/mol. The normalized spacial score (nSPS) is 16.0. The molecule has 0 bridgehead atoms. The van der Waals surface area contributed by atoms with E-state index in [1.807, 2.05) is 0 Å². The number of carbonyl (C=O) groups is 4. The molecule has 0 saturated carbocycles. The van der Waals surface area contributed by atoms with Gasteiger partial charge in [0.25, 0.3) is 5.91 Å². The molecule has 0 aliphatic carbocycles. The zero-order valence-corrected chi connectivity index (χ0v) is 20.7. The highest BCUT2D eigenvalue weighted by Gasteiger charge is 2.35. The number of hydrogen-bond donors (Lipinski definition) is 2. The molecule has 2 N–H and O–H groups in total. The van der Waals surface area contributed by atoms with Crippen molar-refractivity contribution in [1.29, 1.82) is 0 Å². The molecule has 1 aliphatic heterocycles. The van der Waals surface area contributed by atoms with Gasteiger partial charge in [-0.2, -0.15) is 0 Å². The zero-order chi connectivity index (χ0) is 24.8. The predicted octanol–water partition coefficient (Wildman–Crippen LogP) is 2.76. The Morgan fingerprint density at radius 1 is 1.21 bits per heavy atom. The molecule has 2 atom stereocenters. The number of nitrogens with zero attached hydrogens (tertiary/aromatic N) is 2. The summed E-state index contributed by atoms with van der Waals surface area (Å²) >= 11 is 13.6. The summed E-state index contributed by atoms with van der Waals surface area (Å²) in [5.41, 5.74) is 0.753. The van der Waals surface area contributed by atoms with Crippen LogP contribution in [0.2, 0.25) is 10.0 Å². The van der Waals surface area contributed by atoms with Crippen LogP contribution in [-0.4, -0.2) is 64.4 Å². The number of esters is 1. The van der Waals surface area contributed by atoms with E-state index < -0.39 is 29.9 Å². The number of methoxy groups -OCH3 is 1. The quantitative estimate of drug-likeness (QED) is 0.534. The van der Waals surface area contributed by atoms with Gasteiger partial charge in [-0.15, -0.1) is 11.8 Å². The first-order valence-corrected chi connectivity index (χ1v) is 12.1. The van der Waals surface area contributed by atoms with Crippen molar-refractivity contribution in [2.24, 2.45) is 0 Å². The average Bonchev–Trinajstić information content (AvgIpc) is 3.30. The highest BCUT2D eigenvalue weighted by Crippen LogP contribution is 2.25. The molecule has 0 spiro atoms. The Labute approximate surface area is 210 Å². The Bertz CT molecular complexity index is 1080.